The van der Waals surface area contributed by atoms with Crippen molar-refractivity contribution < 1.29 is 14.3 Å². The van der Waals surface area contributed by atoms with Gasteiger partial charge in [-0.25, -0.2) is 4.98 Å². The molecule has 1 amide bonds. The largest absolute Gasteiger partial charge is 0.461 e. The monoisotopic (exact) mass is 453 g/mol. The Morgan fingerprint density at radius 3 is 2.56 bits per heavy atom. The number of hydrogen-bond acceptors (Lipinski definition) is 5. The standard InChI is InChI=1S/C25H31N3O3S/c1-4-19(2)31-24(30)18-28-22-15-9-8-14-21(22)26-25(28)32-17-11-10-16-23(29)27(3)20-12-6-5-7-13-20/h5-9,12-15,19H,4,10-11,16-18H2,1-3H3. The van der Waals surface area contributed by atoms with Crippen LogP contribution < -0.4 is 4.90 Å². The van der Waals surface area contributed by atoms with Gasteiger partial charge in [-0.1, -0.05) is 49.0 Å². The Balaban J connectivity index is 1.54. The Kier molecular flexibility index (Phi) is 8.73. The number of thioether (sulfide) groups is 1. The number of unbranched alkanes of at least 4 members (excludes halogenated alkanes) is 1. The van der Waals surface area contributed by atoms with Crippen molar-refractivity contribution in [3.8, 4) is 0 Å². The number of nitrogens with zero attached hydrogens (tertiary/aromatic N) is 3. The van der Waals surface area contributed by atoms with Gasteiger partial charge < -0.3 is 14.2 Å². The minimum atomic E-state index is -0.251. The number of fused-ring (bicyclic) bond motifs is 1. The summed E-state index contributed by atoms with van der Waals surface area (Å²) in [7, 11) is 1.81. The summed E-state index contributed by atoms with van der Waals surface area (Å²) in [5, 5.41) is 0.806. The summed E-state index contributed by atoms with van der Waals surface area (Å²) in [6.07, 6.45) is 2.89. The first-order valence-corrected chi connectivity index (χ1v) is 12.1. The van der Waals surface area contributed by atoms with Gasteiger partial charge in [0.1, 0.15) is 6.54 Å². The van der Waals surface area contributed by atoms with Crippen molar-refractivity contribution in [2.75, 3.05) is 17.7 Å². The second kappa shape index (κ2) is 11.7. The van der Waals surface area contributed by atoms with Crippen LogP contribution in [0, 0.1) is 0 Å². The molecule has 0 saturated carbocycles. The fraction of sp³-hybridized carbons (Fsp3) is 0.400. The van der Waals surface area contributed by atoms with E-state index in [-0.39, 0.29) is 24.5 Å². The van der Waals surface area contributed by atoms with E-state index in [0.29, 0.717) is 6.42 Å². The molecule has 2 aromatic carbocycles. The second-order valence-corrected chi connectivity index (χ2v) is 8.83. The van der Waals surface area contributed by atoms with Crippen LogP contribution in [0.1, 0.15) is 39.5 Å². The van der Waals surface area contributed by atoms with Crippen LogP contribution in [0.3, 0.4) is 0 Å². The molecule has 0 saturated heterocycles. The van der Waals surface area contributed by atoms with Crippen molar-refractivity contribution in [1.29, 1.82) is 0 Å². The molecule has 0 aliphatic carbocycles. The first kappa shape index (κ1) is 23.9. The van der Waals surface area contributed by atoms with Gasteiger partial charge in [0.05, 0.1) is 17.1 Å². The number of carbonyl (C=O) groups is 2. The van der Waals surface area contributed by atoms with E-state index in [0.717, 1.165) is 46.9 Å². The highest BCUT2D eigenvalue weighted by Gasteiger charge is 2.16. The highest BCUT2D eigenvalue weighted by atomic mass is 32.2. The SMILES string of the molecule is CCC(C)OC(=O)Cn1c(SCCCCC(=O)N(C)c2ccccc2)nc2ccccc21. The van der Waals surface area contributed by atoms with Gasteiger partial charge >= 0.3 is 5.97 Å². The van der Waals surface area contributed by atoms with E-state index in [4.69, 9.17) is 9.72 Å². The van der Waals surface area contributed by atoms with Crippen LogP contribution >= 0.6 is 11.8 Å². The summed E-state index contributed by atoms with van der Waals surface area (Å²) in [4.78, 5) is 31.2. The topological polar surface area (TPSA) is 64.4 Å². The lowest BCUT2D eigenvalue weighted by molar-refractivity contribution is -0.149. The molecule has 170 valence electrons. The summed E-state index contributed by atoms with van der Waals surface area (Å²) in [6.45, 7) is 4.04. The molecule has 1 aromatic heterocycles. The maximum absolute atomic E-state index is 12.4. The number of rotatable bonds is 11. The molecular formula is C25H31N3O3S. The molecule has 32 heavy (non-hydrogen) atoms. The summed E-state index contributed by atoms with van der Waals surface area (Å²) >= 11 is 1.62. The van der Waals surface area contributed by atoms with E-state index in [2.05, 4.69) is 0 Å². The Hall–Kier alpha value is -2.80. The molecule has 6 nitrogen and oxygen atoms in total. The zero-order valence-corrected chi connectivity index (χ0v) is 19.8. The van der Waals surface area contributed by atoms with Crippen molar-refractivity contribution in [1.82, 2.24) is 9.55 Å². The maximum Gasteiger partial charge on any atom is 0.326 e. The van der Waals surface area contributed by atoms with Crippen molar-refractivity contribution in [3.63, 3.8) is 0 Å². The average molecular weight is 454 g/mol. The minimum absolute atomic E-state index is 0.0973. The molecule has 1 unspecified atom stereocenters. The number of anilines is 1. The molecule has 0 fully saturated rings. The normalized spacial score (nSPS) is 12.0. The van der Waals surface area contributed by atoms with Gasteiger partial charge in [-0.3, -0.25) is 9.59 Å². The lowest BCUT2D eigenvalue weighted by atomic mass is 10.2. The van der Waals surface area contributed by atoms with Crippen LogP contribution in [0.5, 0.6) is 0 Å². The van der Waals surface area contributed by atoms with E-state index in [1.165, 1.54) is 0 Å². The van der Waals surface area contributed by atoms with Crippen molar-refractivity contribution in [2.45, 2.75) is 57.3 Å². The third-order valence-corrected chi connectivity index (χ3v) is 6.41. The first-order chi connectivity index (χ1) is 15.5. The number of ether oxygens (including phenoxy) is 1. The molecule has 7 heteroatoms. The molecule has 3 aromatic rings. The lowest BCUT2D eigenvalue weighted by Gasteiger charge is -2.17. The zero-order valence-electron chi connectivity index (χ0n) is 19.0. The van der Waals surface area contributed by atoms with E-state index in [1.807, 2.05) is 80.1 Å². The van der Waals surface area contributed by atoms with Gasteiger partial charge in [0.25, 0.3) is 0 Å². The second-order valence-electron chi connectivity index (χ2n) is 7.77. The fourth-order valence-electron chi connectivity index (χ4n) is 3.30. The number of esters is 1. The van der Waals surface area contributed by atoms with Crippen LogP contribution in [-0.4, -0.2) is 40.3 Å². The van der Waals surface area contributed by atoms with Gasteiger partial charge in [0.15, 0.2) is 5.16 Å². The molecule has 0 N–H and O–H groups in total. The van der Waals surface area contributed by atoms with Crippen LogP contribution in [0.25, 0.3) is 11.0 Å². The highest BCUT2D eigenvalue weighted by molar-refractivity contribution is 7.99. The quantitative estimate of drug-likeness (QED) is 0.224. The number of imidazole rings is 1. The number of para-hydroxylation sites is 3. The van der Waals surface area contributed by atoms with E-state index in [1.54, 1.807) is 16.7 Å². The molecule has 0 radical (unpaired) electrons. The molecule has 0 aliphatic rings. The van der Waals surface area contributed by atoms with Gasteiger partial charge in [-0.15, -0.1) is 0 Å². The van der Waals surface area contributed by atoms with Gasteiger partial charge in [-0.2, -0.15) is 0 Å². The highest BCUT2D eigenvalue weighted by Crippen LogP contribution is 2.25. The molecule has 0 spiro atoms. The third kappa shape index (κ3) is 6.36. The summed E-state index contributed by atoms with van der Waals surface area (Å²) in [5.41, 5.74) is 2.70. The molecule has 1 heterocycles. The molecule has 1 atom stereocenters. The molecule has 0 bridgehead atoms. The Labute approximate surface area is 194 Å². The summed E-state index contributed by atoms with van der Waals surface area (Å²) in [6, 6.07) is 17.5. The number of amides is 1. The Bertz CT molecular complexity index is 1040. The van der Waals surface area contributed by atoms with Crippen LogP contribution in [0.4, 0.5) is 5.69 Å². The van der Waals surface area contributed by atoms with Crippen LogP contribution in [0.15, 0.2) is 59.8 Å². The Morgan fingerprint density at radius 2 is 1.81 bits per heavy atom. The number of carbonyl (C=O) groups excluding carboxylic acids is 2. The van der Waals surface area contributed by atoms with Crippen LogP contribution in [-0.2, 0) is 20.9 Å². The van der Waals surface area contributed by atoms with Crippen molar-refractivity contribution >= 4 is 40.4 Å². The fourth-order valence-corrected chi connectivity index (χ4v) is 4.31. The number of aromatic nitrogens is 2. The predicted molar refractivity (Wildman–Crippen MR) is 130 cm³/mol. The maximum atomic E-state index is 12.4. The van der Waals surface area contributed by atoms with Crippen molar-refractivity contribution in [3.05, 3.63) is 54.6 Å². The van der Waals surface area contributed by atoms with Crippen LogP contribution in [0.2, 0.25) is 0 Å². The molecular weight excluding hydrogens is 422 g/mol. The Morgan fingerprint density at radius 1 is 1.09 bits per heavy atom. The van der Waals surface area contributed by atoms with E-state index >= 15 is 0 Å². The van der Waals surface area contributed by atoms with E-state index in [9.17, 15) is 9.59 Å². The predicted octanol–water partition coefficient (Wildman–Crippen LogP) is 5.30. The third-order valence-electron chi connectivity index (χ3n) is 5.35. The molecule has 0 aliphatic heterocycles. The van der Waals surface area contributed by atoms with Crippen molar-refractivity contribution in [2.24, 2.45) is 0 Å². The average Bonchev–Trinajstić information content (AvgIpc) is 3.15. The number of benzene rings is 2. The first-order valence-electron chi connectivity index (χ1n) is 11.1. The zero-order chi connectivity index (χ0) is 22.9. The van der Waals surface area contributed by atoms with Gasteiger partial charge in [0.2, 0.25) is 5.91 Å². The molecule has 3 rings (SSSR count). The van der Waals surface area contributed by atoms with E-state index < -0.39 is 0 Å². The lowest BCUT2D eigenvalue weighted by Crippen LogP contribution is -2.25. The van der Waals surface area contributed by atoms with Gasteiger partial charge in [0, 0.05) is 24.9 Å². The summed E-state index contributed by atoms with van der Waals surface area (Å²) < 4.78 is 7.40. The van der Waals surface area contributed by atoms with Gasteiger partial charge in [-0.05, 0) is 50.5 Å². The number of hydrogen-bond donors (Lipinski definition) is 0. The summed E-state index contributed by atoms with van der Waals surface area (Å²) in [5.74, 6) is 0.687. The smallest absolute Gasteiger partial charge is 0.326 e. The minimum Gasteiger partial charge on any atom is -0.461 e.